The van der Waals surface area contributed by atoms with E-state index in [4.69, 9.17) is 9.72 Å². The molecule has 0 spiro atoms. The third-order valence-corrected chi connectivity index (χ3v) is 6.01. The van der Waals surface area contributed by atoms with Gasteiger partial charge in [-0.2, -0.15) is 0 Å². The highest BCUT2D eigenvalue weighted by Gasteiger charge is 2.39. The molecule has 1 aromatic carbocycles. The molecule has 2 aromatic rings. The molecule has 0 fully saturated rings. The fourth-order valence-corrected chi connectivity index (χ4v) is 4.82. The second-order valence-corrected chi connectivity index (χ2v) is 8.28. The summed E-state index contributed by atoms with van der Waals surface area (Å²) < 4.78 is 6.76. The van der Waals surface area contributed by atoms with E-state index in [1.165, 1.54) is 17.3 Å². The van der Waals surface area contributed by atoms with Crippen molar-refractivity contribution < 1.29 is 9.53 Å². The minimum Gasteiger partial charge on any atom is -0.465 e. The zero-order valence-corrected chi connectivity index (χ0v) is 15.4. The summed E-state index contributed by atoms with van der Waals surface area (Å²) in [7, 11) is 0. The van der Waals surface area contributed by atoms with Crippen LogP contribution in [0.4, 0.5) is 0 Å². The number of hydrogen-bond donors (Lipinski definition) is 0. The summed E-state index contributed by atoms with van der Waals surface area (Å²) >= 11 is 1.32. The van der Waals surface area contributed by atoms with Gasteiger partial charge in [0.1, 0.15) is 5.25 Å². The van der Waals surface area contributed by atoms with Gasteiger partial charge in [0.15, 0.2) is 5.16 Å². The molecule has 0 N–H and O–H groups in total. The van der Waals surface area contributed by atoms with E-state index in [1.807, 2.05) is 18.2 Å². The number of carbonyl (C=O) groups excluding carboxylic acids is 1. The van der Waals surface area contributed by atoms with Crippen molar-refractivity contribution in [2.75, 3.05) is 6.61 Å². The van der Waals surface area contributed by atoms with E-state index < -0.39 is 5.25 Å². The third-order valence-electron chi connectivity index (χ3n) is 4.86. The van der Waals surface area contributed by atoms with Crippen molar-refractivity contribution in [1.82, 2.24) is 9.55 Å². The standard InChI is InChI=1S/C19H20N2O3S/c1-4-24-17(23)13-10-21-16(22)14-15(20-18(21)25-13)12-8-6-5-7-11(12)9-19(14,2)3/h5-8,13H,4,9-10H2,1-3H3/t13-/m1/s1. The van der Waals surface area contributed by atoms with Gasteiger partial charge in [0.25, 0.3) is 5.56 Å². The predicted molar refractivity (Wildman–Crippen MR) is 96.9 cm³/mol. The predicted octanol–water partition coefficient (Wildman–Crippen LogP) is 2.78. The molecule has 0 unspecified atom stereocenters. The van der Waals surface area contributed by atoms with E-state index >= 15 is 0 Å². The molecule has 1 aliphatic carbocycles. The van der Waals surface area contributed by atoms with E-state index in [9.17, 15) is 9.59 Å². The highest BCUT2D eigenvalue weighted by Crippen LogP contribution is 2.42. The molecule has 0 bridgehead atoms. The molecule has 5 nitrogen and oxygen atoms in total. The number of fused-ring (bicyclic) bond motifs is 4. The molecule has 4 rings (SSSR count). The van der Waals surface area contributed by atoms with Gasteiger partial charge in [0, 0.05) is 16.5 Å². The summed E-state index contributed by atoms with van der Waals surface area (Å²) in [5, 5.41) is 0.205. The van der Waals surface area contributed by atoms with Crippen LogP contribution in [0.3, 0.4) is 0 Å². The van der Waals surface area contributed by atoms with Gasteiger partial charge in [-0.05, 0) is 18.9 Å². The minimum absolute atomic E-state index is 0.0289. The molecule has 0 saturated carbocycles. The summed E-state index contributed by atoms with van der Waals surface area (Å²) in [6, 6.07) is 8.12. The van der Waals surface area contributed by atoms with Crippen molar-refractivity contribution in [2.45, 2.75) is 49.6 Å². The first-order valence-electron chi connectivity index (χ1n) is 8.49. The summed E-state index contributed by atoms with van der Waals surface area (Å²) in [5.41, 5.74) is 3.43. The lowest BCUT2D eigenvalue weighted by Gasteiger charge is -2.32. The number of aromatic nitrogens is 2. The van der Waals surface area contributed by atoms with Gasteiger partial charge in [-0.3, -0.25) is 14.2 Å². The van der Waals surface area contributed by atoms with Crippen molar-refractivity contribution >= 4 is 17.7 Å². The maximum atomic E-state index is 13.2. The third kappa shape index (κ3) is 2.51. The van der Waals surface area contributed by atoms with Gasteiger partial charge < -0.3 is 4.74 Å². The zero-order valence-electron chi connectivity index (χ0n) is 14.5. The largest absolute Gasteiger partial charge is 0.465 e. The van der Waals surface area contributed by atoms with Crippen molar-refractivity contribution in [1.29, 1.82) is 0 Å². The van der Waals surface area contributed by atoms with E-state index in [0.717, 1.165) is 23.2 Å². The molecule has 0 radical (unpaired) electrons. The molecule has 2 heterocycles. The van der Waals surface area contributed by atoms with Gasteiger partial charge >= 0.3 is 5.97 Å². The van der Waals surface area contributed by atoms with E-state index in [-0.39, 0.29) is 16.9 Å². The highest BCUT2D eigenvalue weighted by molar-refractivity contribution is 8.00. The second kappa shape index (κ2) is 5.73. The first kappa shape index (κ1) is 16.4. The monoisotopic (exact) mass is 356 g/mol. The van der Waals surface area contributed by atoms with Crippen LogP contribution in [0.25, 0.3) is 11.3 Å². The van der Waals surface area contributed by atoms with Crippen LogP contribution in [0, 0.1) is 0 Å². The lowest BCUT2D eigenvalue weighted by molar-refractivity contribution is -0.142. The molecule has 25 heavy (non-hydrogen) atoms. The SMILES string of the molecule is CCOC(=O)[C@H]1Cn2c(nc3c(c2=O)C(C)(C)Cc2ccccc2-3)S1. The molecule has 1 aromatic heterocycles. The Hall–Kier alpha value is -2.08. The average molecular weight is 356 g/mol. The van der Waals surface area contributed by atoms with Crippen LogP contribution in [-0.2, 0) is 27.9 Å². The van der Waals surface area contributed by atoms with Crippen LogP contribution >= 0.6 is 11.8 Å². The number of ether oxygens (including phenoxy) is 1. The van der Waals surface area contributed by atoms with Gasteiger partial charge in [0.05, 0.1) is 18.8 Å². The Morgan fingerprint density at radius 1 is 1.40 bits per heavy atom. The van der Waals surface area contributed by atoms with Crippen LogP contribution in [0.1, 0.15) is 31.9 Å². The Kier molecular flexibility index (Phi) is 3.76. The van der Waals surface area contributed by atoms with Gasteiger partial charge in [-0.15, -0.1) is 0 Å². The number of esters is 1. The van der Waals surface area contributed by atoms with Crippen LogP contribution < -0.4 is 5.56 Å². The first-order chi connectivity index (χ1) is 11.9. The minimum atomic E-state index is -0.401. The van der Waals surface area contributed by atoms with Crippen LogP contribution in [0.15, 0.2) is 34.2 Å². The molecular formula is C19H20N2O3S. The number of hydrogen-bond acceptors (Lipinski definition) is 5. The molecule has 1 aliphatic heterocycles. The van der Waals surface area contributed by atoms with Crippen molar-refractivity contribution in [3.05, 3.63) is 45.7 Å². The van der Waals surface area contributed by atoms with E-state index in [2.05, 4.69) is 19.9 Å². The van der Waals surface area contributed by atoms with Gasteiger partial charge in [-0.1, -0.05) is 49.9 Å². The summed E-state index contributed by atoms with van der Waals surface area (Å²) in [5.74, 6) is -0.282. The summed E-state index contributed by atoms with van der Waals surface area (Å²) in [6.07, 6.45) is 0.806. The molecule has 6 heteroatoms. The Bertz CT molecular complexity index is 933. The molecule has 0 saturated heterocycles. The van der Waals surface area contributed by atoms with E-state index in [1.54, 1.807) is 11.5 Å². The Balaban J connectivity index is 1.87. The molecule has 2 aliphatic rings. The second-order valence-electron chi connectivity index (χ2n) is 7.11. The van der Waals surface area contributed by atoms with Gasteiger partial charge in [-0.25, -0.2) is 4.98 Å². The lowest BCUT2D eigenvalue weighted by Crippen LogP contribution is -2.38. The molecule has 0 amide bonds. The van der Waals surface area contributed by atoms with Crippen molar-refractivity contribution in [3.63, 3.8) is 0 Å². The lowest BCUT2D eigenvalue weighted by atomic mass is 9.72. The normalized spacial score (nSPS) is 19.7. The van der Waals surface area contributed by atoms with Crippen molar-refractivity contribution in [2.24, 2.45) is 0 Å². The number of carbonyl (C=O) groups is 1. The first-order valence-corrected chi connectivity index (χ1v) is 9.37. The number of benzene rings is 1. The Morgan fingerprint density at radius 3 is 2.92 bits per heavy atom. The quantitative estimate of drug-likeness (QED) is 0.612. The number of thioether (sulfide) groups is 1. The zero-order chi connectivity index (χ0) is 17.8. The maximum absolute atomic E-state index is 13.2. The van der Waals surface area contributed by atoms with Crippen LogP contribution in [0.2, 0.25) is 0 Å². The average Bonchev–Trinajstić information content (AvgIpc) is 2.99. The fraction of sp³-hybridized carbons (Fsp3) is 0.421. The molecule has 1 atom stereocenters. The Labute approximate surface area is 150 Å². The summed E-state index contributed by atoms with van der Waals surface area (Å²) in [6.45, 7) is 6.62. The number of nitrogens with zero attached hydrogens (tertiary/aromatic N) is 2. The van der Waals surface area contributed by atoms with Crippen LogP contribution in [0.5, 0.6) is 0 Å². The van der Waals surface area contributed by atoms with Crippen LogP contribution in [-0.4, -0.2) is 27.4 Å². The number of rotatable bonds is 2. The Morgan fingerprint density at radius 2 is 2.16 bits per heavy atom. The highest BCUT2D eigenvalue weighted by atomic mass is 32.2. The maximum Gasteiger partial charge on any atom is 0.321 e. The smallest absolute Gasteiger partial charge is 0.321 e. The topological polar surface area (TPSA) is 61.2 Å². The fourth-order valence-electron chi connectivity index (χ4n) is 3.75. The molecule has 130 valence electrons. The van der Waals surface area contributed by atoms with E-state index in [0.29, 0.717) is 18.3 Å². The molecular weight excluding hydrogens is 336 g/mol. The van der Waals surface area contributed by atoms with Crippen molar-refractivity contribution in [3.8, 4) is 11.3 Å². The summed E-state index contributed by atoms with van der Waals surface area (Å²) in [4.78, 5) is 30.1. The van der Waals surface area contributed by atoms with Gasteiger partial charge in [0.2, 0.25) is 0 Å².